The number of nitrogens with one attached hydrogen (secondary N) is 2. The number of methoxy groups -OCH3 is 1. The monoisotopic (exact) mass is 436 g/mol. The average Bonchev–Trinajstić information content (AvgIpc) is 3.29. The van der Waals surface area contributed by atoms with E-state index in [0.29, 0.717) is 29.8 Å². The van der Waals surface area contributed by atoms with Crippen molar-refractivity contribution in [3.8, 4) is 0 Å². The molecule has 10 nitrogen and oxygen atoms in total. The van der Waals surface area contributed by atoms with Crippen molar-refractivity contribution in [1.82, 2.24) is 20.2 Å². The molecule has 166 valence electrons. The number of hydrogen-bond donors (Lipinski definition) is 2. The number of nitrogens with zero attached hydrogens (tertiary/aromatic N) is 4. The van der Waals surface area contributed by atoms with Crippen LogP contribution >= 0.6 is 0 Å². The van der Waals surface area contributed by atoms with Gasteiger partial charge in [-0.15, -0.1) is 5.10 Å². The van der Waals surface area contributed by atoms with Gasteiger partial charge in [0.05, 0.1) is 13.3 Å². The van der Waals surface area contributed by atoms with Crippen molar-refractivity contribution in [1.29, 1.82) is 0 Å². The minimum atomic E-state index is -0.499. The Hall–Kier alpha value is -3.82. The van der Waals surface area contributed by atoms with E-state index in [2.05, 4.69) is 30.8 Å². The van der Waals surface area contributed by atoms with Crippen LogP contribution in [0.2, 0.25) is 0 Å². The summed E-state index contributed by atoms with van der Waals surface area (Å²) in [4.78, 5) is 31.8. The van der Waals surface area contributed by atoms with Crippen LogP contribution in [-0.4, -0.2) is 39.2 Å². The van der Waals surface area contributed by atoms with Gasteiger partial charge in [-0.3, -0.25) is 19.9 Å². The third-order valence-electron chi connectivity index (χ3n) is 5.59. The summed E-state index contributed by atoms with van der Waals surface area (Å²) in [6.45, 7) is 0. The summed E-state index contributed by atoms with van der Waals surface area (Å²) in [5.41, 5.74) is 1.87. The third-order valence-corrected chi connectivity index (χ3v) is 5.59. The van der Waals surface area contributed by atoms with Crippen LogP contribution in [0, 0.1) is 5.92 Å². The van der Waals surface area contributed by atoms with Gasteiger partial charge in [0, 0.05) is 24.5 Å². The first-order valence-electron chi connectivity index (χ1n) is 10.5. The molecule has 1 aromatic carbocycles. The molecule has 0 aliphatic heterocycles. The number of rotatable bonds is 7. The lowest BCUT2D eigenvalue weighted by Gasteiger charge is -2.28. The van der Waals surface area contributed by atoms with E-state index in [1.165, 1.54) is 25.1 Å². The predicted molar refractivity (Wildman–Crippen MR) is 115 cm³/mol. The molecule has 1 aliphatic rings. The fourth-order valence-electron chi connectivity index (χ4n) is 3.88. The molecule has 1 amide bonds. The van der Waals surface area contributed by atoms with Gasteiger partial charge in [0.25, 0.3) is 0 Å². The maximum atomic E-state index is 12.4. The second-order valence-electron chi connectivity index (χ2n) is 7.70. The maximum absolute atomic E-state index is 12.4. The van der Waals surface area contributed by atoms with E-state index in [1.807, 2.05) is 24.3 Å². The third kappa shape index (κ3) is 5.45. The highest BCUT2D eigenvalue weighted by molar-refractivity contribution is 6.00. The number of carbonyl (C=O) groups excluding carboxylic acids is 2. The van der Waals surface area contributed by atoms with Crippen LogP contribution in [0.4, 0.5) is 17.5 Å². The summed E-state index contributed by atoms with van der Waals surface area (Å²) < 4.78 is 10.1. The number of benzene rings is 1. The lowest BCUT2D eigenvalue weighted by Crippen LogP contribution is -2.17. The normalized spacial score (nSPS) is 18.0. The van der Waals surface area contributed by atoms with Crippen LogP contribution < -0.4 is 10.6 Å². The van der Waals surface area contributed by atoms with E-state index >= 15 is 0 Å². The zero-order chi connectivity index (χ0) is 22.3. The molecule has 1 aliphatic carbocycles. The van der Waals surface area contributed by atoms with Crippen molar-refractivity contribution in [2.75, 3.05) is 17.7 Å². The Kier molecular flexibility index (Phi) is 6.69. The topological polar surface area (TPSA) is 132 Å². The number of carbonyl (C=O) groups is 2. The van der Waals surface area contributed by atoms with Crippen molar-refractivity contribution in [3.05, 3.63) is 54.3 Å². The van der Waals surface area contributed by atoms with Crippen molar-refractivity contribution in [2.24, 2.45) is 5.92 Å². The summed E-state index contributed by atoms with van der Waals surface area (Å²) >= 11 is 0. The number of ether oxygens (including phenoxy) is 1. The molecular weight excluding hydrogens is 412 g/mol. The molecular formula is C22H24N6O4. The highest BCUT2D eigenvalue weighted by atomic mass is 16.5. The second-order valence-corrected chi connectivity index (χ2v) is 7.70. The largest absolute Gasteiger partial charge is 0.469 e. The molecule has 2 heterocycles. The zero-order valence-corrected chi connectivity index (χ0v) is 17.7. The first-order chi connectivity index (χ1) is 15.6. The highest BCUT2D eigenvalue weighted by Crippen LogP contribution is 2.37. The standard InChI is InChI=1S/C22H24N6O4/c1-31-19(29)12-14-2-4-15(5-3-14)16-6-8-17(9-7-16)25-20(30)21-27-28-22(32-21)26-18-13-23-10-11-24-18/h6-11,13-15H,2-5,12H2,1H3,(H,25,30)(H,24,26,28). The number of amides is 1. The molecule has 0 spiro atoms. The molecule has 10 heteroatoms. The van der Waals surface area contributed by atoms with Crippen LogP contribution in [0.5, 0.6) is 0 Å². The second kappa shape index (κ2) is 9.99. The molecule has 3 aromatic rings. The van der Waals surface area contributed by atoms with Crippen LogP contribution in [-0.2, 0) is 9.53 Å². The van der Waals surface area contributed by atoms with Crippen molar-refractivity contribution >= 4 is 29.4 Å². The van der Waals surface area contributed by atoms with E-state index < -0.39 is 5.91 Å². The molecule has 32 heavy (non-hydrogen) atoms. The Morgan fingerprint density at radius 2 is 1.88 bits per heavy atom. The van der Waals surface area contributed by atoms with E-state index in [4.69, 9.17) is 9.15 Å². The predicted octanol–water partition coefficient (Wildman–Crippen LogP) is 3.69. The molecule has 0 unspecified atom stereocenters. The van der Waals surface area contributed by atoms with Crippen LogP contribution in [0.3, 0.4) is 0 Å². The minimum Gasteiger partial charge on any atom is -0.469 e. The summed E-state index contributed by atoms with van der Waals surface area (Å²) in [7, 11) is 1.43. The Balaban J connectivity index is 1.29. The number of anilines is 3. The van der Waals surface area contributed by atoms with E-state index in [1.54, 1.807) is 6.20 Å². The number of hydrogen-bond acceptors (Lipinski definition) is 9. The van der Waals surface area contributed by atoms with Gasteiger partial charge < -0.3 is 14.5 Å². The van der Waals surface area contributed by atoms with E-state index in [9.17, 15) is 9.59 Å². The van der Waals surface area contributed by atoms with Gasteiger partial charge in [0.1, 0.15) is 0 Å². The lowest BCUT2D eigenvalue weighted by atomic mass is 9.77. The quantitative estimate of drug-likeness (QED) is 0.532. The number of aromatic nitrogens is 4. The molecule has 2 aromatic heterocycles. The van der Waals surface area contributed by atoms with Crippen molar-refractivity contribution in [3.63, 3.8) is 0 Å². The summed E-state index contributed by atoms with van der Waals surface area (Å²) in [6.07, 6.45) is 9.16. The van der Waals surface area contributed by atoms with Gasteiger partial charge in [0.15, 0.2) is 5.82 Å². The molecule has 0 bridgehead atoms. The summed E-state index contributed by atoms with van der Waals surface area (Å²) in [6, 6.07) is 7.82. The molecule has 2 N–H and O–H groups in total. The Morgan fingerprint density at radius 1 is 1.09 bits per heavy atom. The number of esters is 1. The lowest BCUT2D eigenvalue weighted by molar-refractivity contribution is -0.142. The van der Waals surface area contributed by atoms with Crippen LogP contribution in [0.1, 0.15) is 54.3 Å². The minimum absolute atomic E-state index is 0.0498. The zero-order valence-electron chi connectivity index (χ0n) is 17.7. The van der Waals surface area contributed by atoms with Crippen LogP contribution in [0.25, 0.3) is 0 Å². The first kappa shape index (κ1) is 21.4. The fourth-order valence-corrected chi connectivity index (χ4v) is 3.88. The molecule has 1 saturated carbocycles. The molecule has 0 radical (unpaired) electrons. The average molecular weight is 436 g/mol. The smallest absolute Gasteiger partial charge is 0.321 e. The fraction of sp³-hybridized carbons (Fsp3) is 0.364. The summed E-state index contributed by atoms with van der Waals surface area (Å²) in [5.74, 6) is 0.494. The van der Waals surface area contributed by atoms with Gasteiger partial charge in [-0.2, -0.15) is 0 Å². The first-order valence-corrected chi connectivity index (χ1v) is 10.5. The Labute approximate surface area is 184 Å². The molecule has 0 saturated heterocycles. The van der Waals surface area contributed by atoms with Crippen molar-refractivity contribution in [2.45, 2.75) is 38.0 Å². The van der Waals surface area contributed by atoms with Gasteiger partial charge in [-0.1, -0.05) is 17.2 Å². The van der Waals surface area contributed by atoms with E-state index in [-0.39, 0.29) is 17.9 Å². The van der Waals surface area contributed by atoms with Crippen LogP contribution in [0.15, 0.2) is 47.3 Å². The molecule has 0 atom stereocenters. The summed E-state index contributed by atoms with van der Waals surface area (Å²) in [5, 5.41) is 13.1. The van der Waals surface area contributed by atoms with Gasteiger partial charge >= 0.3 is 23.8 Å². The van der Waals surface area contributed by atoms with Gasteiger partial charge in [0.2, 0.25) is 0 Å². The van der Waals surface area contributed by atoms with Gasteiger partial charge in [-0.05, 0) is 55.2 Å². The highest BCUT2D eigenvalue weighted by Gasteiger charge is 2.24. The Morgan fingerprint density at radius 3 is 2.56 bits per heavy atom. The molecule has 4 rings (SSSR count). The van der Waals surface area contributed by atoms with Gasteiger partial charge in [-0.25, -0.2) is 4.98 Å². The van der Waals surface area contributed by atoms with Crippen molar-refractivity contribution < 1.29 is 18.7 Å². The maximum Gasteiger partial charge on any atom is 0.321 e. The Bertz CT molecular complexity index is 1050. The SMILES string of the molecule is COC(=O)CC1CCC(c2ccc(NC(=O)c3nnc(Nc4cnccn4)o3)cc2)CC1. The molecule has 1 fully saturated rings. The van der Waals surface area contributed by atoms with E-state index in [0.717, 1.165) is 25.7 Å².